The number of hydrogen-bond donors (Lipinski definition) is 1. The molecule has 29 heavy (non-hydrogen) atoms. The van der Waals surface area contributed by atoms with Gasteiger partial charge in [0, 0.05) is 15.8 Å². The van der Waals surface area contributed by atoms with Crippen molar-refractivity contribution in [3.8, 4) is 10.4 Å². The number of amides is 1. The summed E-state index contributed by atoms with van der Waals surface area (Å²) in [6.45, 7) is 0.258. The molecule has 0 fully saturated rings. The van der Waals surface area contributed by atoms with Gasteiger partial charge in [0.2, 0.25) is 5.91 Å². The number of fused-ring (bicyclic) bond motifs is 2. The lowest BCUT2D eigenvalue weighted by Crippen LogP contribution is -2.32. The minimum absolute atomic E-state index is 0.0770. The maximum atomic E-state index is 13.0. The van der Waals surface area contributed by atoms with Gasteiger partial charge in [0.15, 0.2) is 0 Å². The van der Waals surface area contributed by atoms with Crippen molar-refractivity contribution in [3.63, 3.8) is 0 Å². The lowest BCUT2D eigenvalue weighted by atomic mass is 10.2. The summed E-state index contributed by atoms with van der Waals surface area (Å²) in [6, 6.07) is 11.8. The number of carbonyl (C=O) groups is 1. The van der Waals surface area contributed by atoms with E-state index in [0.717, 1.165) is 25.7 Å². The van der Waals surface area contributed by atoms with E-state index in [1.807, 2.05) is 47.2 Å². The van der Waals surface area contributed by atoms with Crippen LogP contribution in [0.25, 0.3) is 30.9 Å². The van der Waals surface area contributed by atoms with Crippen molar-refractivity contribution < 1.29 is 4.79 Å². The van der Waals surface area contributed by atoms with Gasteiger partial charge >= 0.3 is 0 Å². The highest BCUT2D eigenvalue weighted by molar-refractivity contribution is 7.19. The molecule has 144 valence electrons. The Morgan fingerprint density at radius 1 is 1.14 bits per heavy atom. The Morgan fingerprint density at radius 3 is 2.86 bits per heavy atom. The molecule has 0 radical (unpaired) electrons. The molecule has 5 aromatic rings. The van der Waals surface area contributed by atoms with Crippen molar-refractivity contribution in [1.29, 1.82) is 0 Å². The Hall–Kier alpha value is -2.88. The first-order valence-corrected chi connectivity index (χ1v) is 11.4. The predicted molar refractivity (Wildman–Crippen MR) is 119 cm³/mol. The van der Waals surface area contributed by atoms with Crippen LogP contribution in [0.15, 0.2) is 58.3 Å². The summed E-state index contributed by atoms with van der Waals surface area (Å²) < 4.78 is 2.45. The van der Waals surface area contributed by atoms with Crippen molar-refractivity contribution in [2.24, 2.45) is 0 Å². The first-order valence-electron chi connectivity index (χ1n) is 8.81. The largest absolute Gasteiger partial charge is 0.348 e. The van der Waals surface area contributed by atoms with Crippen LogP contribution in [0.1, 0.15) is 5.01 Å². The highest BCUT2D eigenvalue weighted by Crippen LogP contribution is 2.33. The number of para-hydroxylation sites is 1. The van der Waals surface area contributed by atoms with Crippen LogP contribution in [0.3, 0.4) is 0 Å². The molecule has 0 aliphatic heterocycles. The van der Waals surface area contributed by atoms with Crippen molar-refractivity contribution in [2.45, 2.75) is 13.1 Å². The number of nitrogens with zero attached hydrogens (tertiary/aromatic N) is 3. The van der Waals surface area contributed by atoms with Gasteiger partial charge < -0.3 is 5.32 Å². The highest BCUT2D eigenvalue weighted by atomic mass is 32.1. The standard InChI is InChI=1S/C20H14N4O2S3/c25-16(21-8-17-23-13-4-1-2-5-15(13)29-17)9-24-11-22-19-18(20(24)26)12(10-28-19)14-6-3-7-27-14/h1-7,10-11H,8-9H2,(H,21,25). The minimum Gasteiger partial charge on any atom is -0.348 e. The van der Waals surface area contributed by atoms with Gasteiger partial charge in [0.1, 0.15) is 16.4 Å². The minimum atomic E-state index is -0.250. The van der Waals surface area contributed by atoms with E-state index in [9.17, 15) is 9.59 Å². The van der Waals surface area contributed by atoms with Crippen LogP contribution >= 0.6 is 34.0 Å². The van der Waals surface area contributed by atoms with Gasteiger partial charge in [0.05, 0.1) is 28.5 Å². The quantitative estimate of drug-likeness (QED) is 0.448. The van der Waals surface area contributed by atoms with Crippen molar-refractivity contribution in [2.75, 3.05) is 0 Å². The van der Waals surface area contributed by atoms with Crippen LogP contribution in [0.2, 0.25) is 0 Å². The average Bonchev–Trinajstić information content (AvgIpc) is 3.47. The Labute approximate surface area is 177 Å². The second kappa shape index (κ2) is 7.51. The molecule has 0 saturated heterocycles. The van der Waals surface area contributed by atoms with Crippen LogP contribution < -0.4 is 10.9 Å². The third-order valence-electron chi connectivity index (χ3n) is 4.44. The monoisotopic (exact) mass is 438 g/mol. The molecule has 6 nitrogen and oxygen atoms in total. The van der Waals surface area contributed by atoms with Gasteiger partial charge in [-0.1, -0.05) is 18.2 Å². The van der Waals surface area contributed by atoms with Gasteiger partial charge in [0.25, 0.3) is 5.56 Å². The molecule has 0 bridgehead atoms. The van der Waals surface area contributed by atoms with E-state index >= 15 is 0 Å². The van der Waals surface area contributed by atoms with E-state index in [4.69, 9.17) is 0 Å². The first kappa shape index (κ1) is 18.2. The zero-order valence-corrected chi connectivity index (χ0v) is 17.4. The molecule has 0 aliphatic carbocycles. The Balaban J connectivity index is 1.35. The molecule has 1 amide bonds. The first-order chi connectivity index (χ1) is 14.2. The van der Waals surface area contributed by atoms with Crippen LogP contribution in [0.4, 0.5) is 0 Å². The van der Waals surface area contributed by atoms with Crippen LogP contribution in [0, 0.1) is 0 Å². The Bertz CT molecular complexity index is 1350. The normalized spacial score (nSPS) is 11.3. The molecule has 0 spiro atoms. The molecule has 5 rings (SSSR count). The summed E-state index contributed by atoms with van der Waals surface area (Å²) in [6.07, 6.45) is 1.44. The molecule has 4 aromatic heterocycles. The molecule has 0 atom stereocenters. The van der Waals surface area contributed by atoms with Crippen LogP contribution in [0.5, 0.6) is 0 Å². The second-order valence-electron chi connectivity index (χ2n) is 6.34. The Morgan fingerprint density at radius 2 is 2.03 bits per heavy atom. The van der Waals surface area contributed by atoms with E-state index in [0.29, 0.717) is 16.8 Å². The molecule has 1 aromatic carbocycles. The zero-order valence-electron chi connectivity index (χ0n) is 15.0. The predicted octanol–water partition coefficient (Wildman–Crippen LogP) is 4.11. The number of nitrogens with one attached hydrogen (secondary N) is 1. The lowest BCUT2D eigenvalue weighted by molar-refractivity contribution is -0.121. The number of aromatic nitrogens is 3. The molecule has 1 N–H and O–H groups in total. The summed E-state index contributed by atoms with van der Waals surface area (Å²) in [5.74, 6) is -0.250. The molecule has 0 saturated carbocycles. The summed E-state index contributed by atoms with van der Waals surface area (Å²) >= 11 is 4.56. The number of thiazole rings is 1. The van der Waals surface area contributed by atoms with Crippen molar-refractivity contribution >= 4 is 60.4 Å². The van der Waals surface area contributed by atoms with E-state index in [1.54, 1.807) is 22.7 Å². The fraction of sp³-hybridized carbons (Fsp3) is 0.100. The smallest absolute Gasteiger partial charge is 0.263 e. The van der Waals surface area contributed by atoms with E-state index in [-0.39, 0.29) is 18.0 Å². The topological polar surface area (TPSA) is 76.9 Å². The van der Waals surface area contributed by atoms with Crippen molar-refractivity contribution in [1.82, 2.24) is 19.9 Å². The molecular weight excluding hydrogens is 424 g/mol. The third kappa shape index (κ3) is 3.48. The molecular formula is C20H14N4O2S3. The van der Waals surface area contributed by atoms with Gasteiger partial charge in [-0.15, -0.1) is 34.0 Å². The Kier molecular flexibility index (Phi) is 4.70. The summed E-state index contributed by atoms with van der Waals surface area (Å²) in [7, 11) is 0. The summed E-state index contributed by atoms with van der Waals surface area (Å²) in [5, 5.41) is 8.17. The fourth-order valence-corrected chi connectivity index (χ4v) is 5.70. The summed E-state index contributed by atoms with van der Waals surface area (Å²) in [5.41, 5.74) is 1.60. The van der Waals surface area contributed by atoms with E-state index < -0.39 is 0 Å². The molecule has 9 heteroatoms. The van der Waals surface area contributed by atoms with Crippen molar-refractivity contribution in [3.05, 3.63) is 68.8 Å². The summed E-state index contributed by atoms with van der Waals surface area (Å²) in [4.78, 5) is 36.0. The second-order valence-corrected chi connectivity index (χ2v) is 9.26. The van der Waals surface area contributed by atoms with E-state index in [2.05, 4.69) is 15.3 Å². The van der Waals surface area contributed by atoms with E-state index in [1.165, 1.54) is 22.2 Å². The fourth-order valence-electron chi connectivity index (χ4n) is 3.07. The number of carbonyl (C=O) groups excluding carboxylic acids is 1. The maximum Gasteiger partial charge on any atom is 0.263 e. The average molecular weight is 439 g/mol. The van der Waals surface area contributed by atoms with Gasteiger partial charge in [-0.2, -0.15) is 0 Å². The number of hydrogen-bond acceptors (Lipinski definition) is 7. The highest BCUT2D eigenvalue weighted by Gasteiger charge is 2.15. The van der Waals surface area contributed by atoms with Crippen LogP contribution in [-0.2, 0) is 17.9 Å². The van der Waals surface area contributed by atoms with Gasteiger partial charge in [-0.05, 0) is 23.6 Å². The molecule has 4 heterocycles. The SMILES string of the molecule is O=C(Cn1cnc2scc(-c3cccs3)c2c1=O)NCc1nc2ccccc2s1. The zero-order chi connectivity index (χ0) is 19.8. The third-order valence-corrected chi connectivity index (χ3v) is 7.26. The van der Waals surface area contributed by atoms with Gasteiger partial charge in [-0.25, -0.2) is 9.97 Å². The lowest BCUT2D eigenvalue weighted by Gasteiger charge is -2.06. The maximum absolute atomic E-state index is 13.0. The molecule has 0 aliphatic rings. The molecule has 0 unspecified atom stereocenters. The number of benzene rings is 1. The van der Waals surface area contributed by atoms with Crippen LogP contribution in [-0.4, -0.2) is 20.4 Å². The number of rotatable bonds is 5. The van der Waals surface area contributed by atoms with Gasteiger partial charge in [-0.3, -0.25) is 14.2 Å². The number of thiophene rings is 2.